The molecule has 0 spiro atoms. The number of nitrogens with two attached hydrogens (primary N) is 1. The first kappa shape index (κ1) is 53.1. The first-order chi connectivity index (χ1) is 34.3. The molecule has 1 amide bonds. The van der Waals surface area contributed by atoms with Crippen LogP contribution in [0.3, 0.4) is 0 Å². The second-order valence-corrected chi connectivity index (χ2v) is 21.8. The second-order valence-electron chi connectivity index (χ2n) is 15.2. The van der Waals surface area contributed by atoms with E-state index in [4.69, 9.17) is 49.7 Å². The van der Waals surface area contributed by atoms with Gasteiger partial charge in [0.2, 0.25) is 23.1 Å². The number of aromatic hydroxyl groups is 1. The highest BCUT2D eigenvalue weighted by Crippen LogP contribution is 2.54. The number of pyridine rings is 1. The molecule has 5 aromatic rings. The molecule has 2 aromatic heterocycles. The third-order valence-corrected chi connectivity index (χ3v) is 14.6. The molecule has 3 aromatic carbocycles. The zero-order valence-corrected chi connectivity index (χ0v) is 41.8. The summed E-state index contributed by atoms with van der Waals surface area (Å²) in [6, 6.07) is 4.07. The van der Waals surface area contributed by atoms with Crippen LogP contribution in [0.15, 0.2) is 80.4 Å². The fourth-order valence-corrected chi connectivity index (χ4v) is 10.6. The van der Waals surface area contributed by atoms with Gasteiger partial charge in [-0.1, -0.05) is 23.2 Å². The van der Waals surface area contributed by atoms with Crippen molar-refractivity contribution in [3.63, 3.8) is 0 Å². The van der Waals surface area contributed by atoms with Crippen LogP contribution < -0.4 is 37.3 Å². The summed E-state index contributed by atoms with van der Waals surface area (Å²) in [4.78, 5) is 42.2. The molecule has 1 aliphatic carbocycles. The molecule has 3 aliphatic rings. The number of fused-ring (bicyclic) bond motifs is 4. The molecule has 1 atom stereocenters. The smallest absolute Gasteiger partial charge is 0.301 e. The number of aromatic nitrogens is 5. The number of ether oxygens (including phenoxy) is 1. The molecule has 0 radical (unpaired) electrons. The summed E-state index contributed by atoms with van der Waals surface area (Å²) in [5.74, 6) is -6.15. The molecular weight excluding hydrogens is 1140 g/mol. The van der Waals surface area contributed by atoms with Gasteiger partial charge in [-0.3, -0.25) is 37.8 Å². The molecule has 37 heteroatoms. The fraction of sp³-hybridized carbons (Fsp3) is 0.108. The number of nitrogens with zero attached hydrogens (tertiary/aromatic N) is 7. The van der Waals surface area contributed by atoms with Crippen LogP contribution in [0, 0.1) is 12.7 Å². The van der Waals surface area contributed by atoms with E-state index < -0.39 is 156 Å². The van der Waals surface area contributed by atoms with Crippen LogP contribution in [0.2, 0.25) is 15.3 Å². The number of hydrogen-bond acceptors (Lipinski definition) is 23. The van der Waals surface area contributed by atoms with Crippen molar-refractivity contribution in [2.75, 3.05) is 22.5 Å². The Morgan fingerprint density at radius 1 is 0.851 bits per heavy atom. The first-order valence-electron chi connectivity index (χ1n) is 19.6. The Hall–Kier alpha value is -7.25. The maximum Gasteiger partial charge on any atom is 0.301 e. The zero-order valence-electron chi connectivity index (χ0n) is 36.2. The molecule has 0 saturated carbocycles. The van der Waals surface area contributed by atoms with Crippen molar-refractivity contribution in [2.24, 2.45) is 21.0 Å². The van der Waals surface area contributed by atoms with E-state index in [-0.39, 0.29) is 51.7 Å². The number of amides is 1. The lowest BCUT2D eigenvalue weighted by atomic mass is 10.1. The Kier molecular flexibility index (Phi) is 13.6. The Labute approximate surface area is 426 Å². The van der Waals surface area contributed by atoms with Crippen LogP contribution in [0.1, 0.15) is 22.8 Å². The molecule has 0 saturated heterocycles. The molecule has 74 heavy (non-hydrogen) atoms. The monoisotopic (exact) mass is 1160 g/mol. The highest BCUT2D eigenvalue weighted by Gasteiger charge is 2.35. The third kappa shape index (κ3) is 10.2. The van der Waals surface area contributed by atoms with Gasteiger partial charge >= 0.3 is 20.2 Å². The highest BCUT2D eigenvalue weighted by molar-refractivity contribution is 7.87. The van der Waals surface area contributed by atoms with Crippen molar-refractivity contribution < 1.29 is 75.3 Å². The minimum absolute atomic E-state index is 0.191. The van der Waals surface area contributed by atoms with Gasteiger partial charge in [0.25, 0.3) is 31.7 Å². The summed E-state index contributed by atoms with van der Waals surface area (Å²) in [6.45, 7) is 2.24. The normalized spacial score (nSPS) is 13.6. The Bertz CT molecular complexity index is 4240. The molecule has 11 N–H and O–H groups in total. The zero-order chi connectivity index (χ0) is 54.3. The summed E-state index contributed by atoms with van der Waals surface area (Å²) in [5.41, 5.74) is -0.484. The van der Waals surface area contributed by atoms with Crippen LogP contribution in [0.4, 0.5) is 44.7 Å². The van der Waals surface area contributed by atoms with Gasteiger partial charge in [0.1, 0.15) is 53.8 Å². The number of carbonyl (C=O) groups is 1. The number of carbonyl (C=O) groups excluding carboxylic acids is 1. The number of azo groups is 1. The lowest BCUT2D eigenvalue weighted by molar-refractivity contribution is 0.0996. The average molecular weight is 1160 g/mol. The van der Waals surface area contributed by atoms with E-state index in [1.165, 1.54) is 13.0 Å². The standard InChI is InChI=1S/C37H26Cl3FN12O17S4/c1-10(9-43-15-6-5-14-27(31(15)74(66,67)68)70-29-22(39)24-28(21(38)25(29)46-14)69-26-13(45-24)4-3-12(41)30(26)73(63,64)65)44-36-49-35(40)50-37(51-36)47-16-7-17(19(72(60,61)62)8-18(16)71(57,58)59)52-53-23-11(2)20(32(42)54)33(55)48-34(23)56/h3-8,10,45H,9H2,1-2H3,(H2,42,54)(H2,48,55,56)(H,57,58,59)(H,60,61,62)(H,63,64,65)(H,66,67,68)(H2,44,47,49,50,51). The van der Waals surface area contributed by atoms with Gasteiger partial charge in [-0.15, -0.1) is 10.2 Å². The molecule has 2 aliphatic heterocycles. The summed E-state index contributed by atoms with van der Waals surface area (Å²) in [6.07, 6.45) is 0. The van der Waals surface area contributed by atoms with Crippen molar-refractivity contribution >= 4 is 133 Å². The van der Waals surface area contributed by atoms with E-state index in [1.807, 2.05) is 4.98 Å². The number of H-pyrrole nitrogens is 1. The second kappa shape index (κ2) is 18.9. The topological polar surface area (TPSA) is 461 Å². The van der Waals surface area contributed by atoms with Crippen LogP contribution in [0.5, 0.6) is 17.4 Å². The molecular formula is C37H26Cl3FN12O17S4. The van der Waals surface area contributed by atoms with Crippen molar-refractivity contribution in [3.8, 4) is 28.8 Å². The van der Waals surface area contributed by atoms with Gasteiger partial charge < -0.3 is 35.9 Å². The van der Waals surface area contributed by atoms with Crippen LogP contribution in [-0.2, 0) is 40.5 Å². The molecule has 0 fully saturated rings. The maximum absolute atomic E-state index is 14.6. The number of benzene rings is 4. The largest absolute Gasteiger partial charge is 0.494 e. The Morgan fingerprint density at radius 2 is 1.51 bits per heavy atom. The number of hydrogen-bond donors (Lipinski definition) is 10. The van der Waals surface area contributed by atoms with Crippen molar-refractivity contribution in [3.05, 3.63) is 84.4 Å². The van der Waals surface area contributed by atoms with Gasteiger partial charge in [0, 0.05) is 11.6 Å². The molecule has 29 nitrogen and oxygen atoms in total. The molecule has 1 unspecified atom stereocenters. The van der Waals surface area contributed by atoms with Crippen LogP contribution in [-0.4, -0.2) is 100 Å². The SMILES string of the molecule is Cc1c(C(N)=O)c(O)[nH]c(=O)c1N=Nc1cc(Nc2nc(Cl)nc(NC(C)CN=c3ccc4nc5c(Cl)c6c(c(Cl)c5oc-4c3S(=O)(=O)O)Nc3ccc(F)c(S(=O)(=O)O)c3O6)n2)c(S(=O)(=O)O)cc1S(=O)(=O)O. The predicted molar refractivity (Wildman–Crippen MR) is 254 cm³/mol. The molecule has 8 rings (SSSR count). The van der Waals surface area contributed by atoms with Crippen molar-refractivity contribution in [1.82, 2.24) is 24.9 Å². The van der Waals surface area contributed by atoms with Crippen LogP contribution in [0.25, 0.3) is 22.6 Å². The quantitative estimate of drug-likeness (QED) is 0.0391. The lowest BCUT2D eigenvalue weighted by Crippen LogP contribution is -2.24. The van der Waals surface area contributed by atoms with E-state index in [0.29, 0.717) is 12.1 Å². The van der Waals surface area contributed by atoms with Gasteiger partial charge in [-0.05, 0) is 61.8 Å². The Morgan fingerprint density at radius 3 is 2.15 bits per heavy atom. The van der Waals surface area contributed by atoms with Gasteiger partial charge in [-0.2, -0.15) is 48.6 Å². The molecule has 4 heterocycles. The summed E-state index contributed by atoms with van der Waals surface area (Å²) < 4.78 is 166. The van der Waals surface area contributed by atoms with Crippen molar-refractivity contribution in [1.29, 1.82) is 0 Å². The first-order valence-corrected chi connectivity index (χ1v) is 26.5. The molecule has 388 valence electrons. The van der Waals surface area contributed by atoms with E-state index in [1.54, 1.807) is 0 Å². The van der Waals surface area contributed by atoms with E-state index in [0.717, 1.165) is 19.1 Å². The van der Waals surface area contributed by atoms with Crippen LogP contribution >= 0.6 is 34.8 Å². The Balaban J connectivity index is 1.12. The number of primary amides is 1. The minimum Gasteiger partial charge on any atom is -0.494 e. The minimum atomic E-state index is -5.40. The summed E-state index contributed by atoms with van der Waals surface area (Å²) in [7, 11) is -21.2. The van der Waals surface area contributed by atoms with E-state index in [9.17, 15) is 71.0 Å². The maximum atomic E-state index is 14.6. The number of anilines is 5. The highest BCUT2D eigenvalue weighted by atomic mass is 35.5. The number of nitrogens with one attached hydrogen (secondary N) is 4. The molecule has 0 bridgehead atoms. The number of halogens is 4. The lowest BCUT2D eigenvalue weighted by Gasteiger charge is -2.25. The van der Waals surface area contributed by atoms with E-state index >= 15 is 0 Å². The summed E-state index contributed by atoms with van der Waals surface area (Å²) >= 11 is 19.4. The van der Waals surface area contributed by atoms with Crippen molar-refractivity contribution in [2.45, 2.75) is 39.5 Å². The van der Waals surface area contributed by atoms with E-state index in [2.05, 4.69) is 51.1 Å². The van der Waals surface area contributed by atoms with Gasteiger partial charge in [0.15, 0.2) is 38.3 Å². The number of aromatic amines is 1. The summed E-state index contributed by atoms with van der Waals surface area (Å²) in [5, 5.41) is 23.3. The van der Waals surface area contributed by atoms with Gasteiger partial charge in [-0.25, -0.2) is 9.37 Å². The van der Waals surface area contributed by atoms with Gasteiger partial charge in [0.05, 0.1) is 23.3 Å². The fourth-order valence-electron chi connectivity index (χ4n) is 7.03. The third-order valence-electron chi connectivity index (χ3n) is 10.1. The average Bonchev–Trinajstić information content (AvgIpc) is 3.26. The predicted octanol–water partition coefficient (Wildman–Crippen LogP) is 5.41. The number of rotatable bonds is 13.